The van der Waals surface area contributed by atoms with E-state index in [1.54, 1.807) is 0 Å². The predicted molar refractivity (Wildman–Crippen MR) is 164 cm³/mol. The molecule has 1 aromatic heterocycles. The van der Waals surface area contributed by atoms with Gasteiger partial charge in [0.25, 0.3) is 0 Å². The number of benzene rings is 2. The number of ether oxygens (including phenoxy) is 1. The summed E-state index contributed by atoms with van der Waals surface area (Å²) in [4.78, 5) is 9.22. The Kier molecular flexibility index (Phi) is 8.56. The minimum atomic E-state index is 0.215. The van der Waals surface area contributed by atoms with Crippen molar-refractivity contribution in [2.75, 3.05) is 44.2 Å². The molecule has 0 bridgehead atoms. The van der Waals surface area contributed by atoms with Gasteiger partial charge in [0.05, 0.1) is 18.8 Å². The van der Waals surface area contributed by atoms with Crippen molar-refractivity contribution in [2.45, 2.75) is 71.0 Å². The molecule has 2 aliphatic heterocycles. The fourth-order valence-electron chi connectivity index (χ4n) is 6.45. The number of piperidine rings is 1. The lowest BCUT2D eigenvalue weighted by molar-refractivity contribution is -0.0538. The summed E-state index contributed by atoms with van der Waals surface area (Å²) in [6.07, 6.45) is 11.0. The highest BCUT2D eigenvalue weighted by Crippen LogP contribution is 2.37. The number of nitrogens with zero attached hydrogens (tertiary/aromatic N) is 4. The minimum Gasteiger partial charge on any atom is -0.395 e. The van der Waals surface area contributed by atoms with Gasteiger partial charge in [-0.1, -0.05) is 67.5 Å². The van der Waals surface area contributed by atoms with E-state index in [0.29, 0.717) is 29.5 Å². The van der Waals surface area contributed by atoms with Crippen molar-refractivity contribution in [3.8, 4) is 22.5 Å². The first-order valence-corrected chi connectivity index (χ1v) is 15.4. The van der Waals surface area contributed by atoms with Crippen LogP contribution in [0.5, 0.6) is 0 Å². The van der Waals surface area contributed by atoms with Gasteiger partial charge in [-0.3, -0.25) is 4.90 Å². The molecule has 0 unspecified atom stereocenters. The molecule has 3 aliphatic rings. The topological polar surface area (TPSA) is 74.9 Å². The molecular weight excluding hydrogens is 512 g/mol. The highest BCUT2D eigenvalue weighted by Gasteiger charge is 2.31. The van der Waals surface area contributed by atoms with Crippen molar-refractivity contribution in [3.63, 3.8) is 0 Å². The summed E-state index contributed by atoms with van der Waals surface area (Å²) in [5, 5.41) is 13.5. The molecule has 41 heavy (non-hydrogen) atoms. The molecule has 218 valence electrons. The predicted octanol–water partition coefficient (Wildman–Crippen LogP) is 6.44. The average molecular weight is 557 g/mol. The number of rotatable bonds is 8. The van der Waals surface area contributed by atoms with Crippen molar-refractivity contribution < 1.29 is 14.4 Å². The van der Waals surface area contributed by atoms with E-state index in [4.69, 9.17) is 14.2 Å². The van der Waals surface area contributed by atoms with Gasteiger partial charge < -0.3 is 19.3 Å². The monoisotopic (exact) mass is 556 g/mol. The molecule has 1 N–H and O–H groups in total. The molecule has 6 rings (SSSR count). The number of β-amino-alcohol motifs (C(OH)–C–C–N with tert-alkyl or cyclic N) is 1. The van der Waals surface area contributed by atoms with Crippen molar-refractivity contribution in [2.24, 2.45) is 5.41 Å². The number of aliphatic hydroxyl groups is 1. The van der Waals surface area contributed by atoms with E-state index in [-0.39, 0.29) is 6.61 Å². The van der Waals surface area contributed by atoms with E-state index in [2.05, 4.69) is 83.4 Å². The summed E-state index contributed by atoms with van der Waals surface area (Å²) in [7, 11) is 0. The SMILES string of the molecule is CC1(C)CCC(OC2CCN(c3nc(-c4ccc(-c5cccc(C6=CCN(CCO)CC6)c5)cc4)no3)CC2)CC1. The van der Waals surface area contributed by atoms with Crippen molar-refractivity contribution in [1.82, 2.24) is 15.0 Å². The maximum Gasteiger partial charge on any atom is 0.324 e. The zero-order chi connectivity index (χ0) is 28.2. The summed E-state index contributed by atoms with van der Waals surface area (Å²) < 4.78 is 12.2. The van der Waals surface area contributed by atoms with E-state index in [1.165, 1.54) is 47.9 Å². The number of hydrogen-bond acceptors (Lipinski definition) is 7. The van der Waals surface area contributed by atoms with Gasteiger partial charge in [0.2, 0.25) is 5.82 Å². The van der Waals surface area contributed by atoms with Gasteiger partial charge in [-0.2, -0.15) is 4.98 Å². The van der Waals surface area contributed by atoms with Gasteiger partial charge >= 0.3 is 6.01 Å². The Morgan fingerprint density at radius 1 is 0.902 bits per heavy atom. The van der Waals surface area contributed by atoms with E-state index in [9.17, 15) is 5.11 Å². The van der Waals surface area contributed by atoms with Crippen LogP contribution in [0.25, 0.3) is 28.1 Å². The molecule has 3 heterocycles. The molecule has 0 atom stereocenters. The van der Waals surface area contributed by atoms with Gasteiger partial charge in [-0.15, -0.1) is 0 Å². The summed E-state index contributed by atoms with van der Waals surface area (Å²) in [6.45, 7) is 9.36. The van der Waals surface area contributed by atoms with Crippen LogP contribution in [0.2, 0.25) is 0 Å². The maximum atomic E-state index is 9.20. The standard InChI is InChI=1S/C34H44N4O3/c1-34(2)16-10-30(11-17-34)40-31-14-20-38(21-15-31)33-35-32(36-41-33)27-8-6-25(7-9-27)28-4-3-5-29(24-28)26-12-18-37(19-13-26)22-23-39/h3-9,12,24,30-31,39H,10-11,13-23H2,1-2H3. The lowest BCUT2D eigenvalue weighted by Crippen LogP contribution is -2.39. The third-order valence-electron chi connectivity index (χ3n) is 9.22. The average Bonchev–Trinajstić information content (AvgIpc) is 3.50. The van der Waals surface area contributed by atoms with Gasteiger partial charge in [-0.05, 0) is 78.7 Å². The van der Waals surface area contributed by atoms with E-state index >= 15 is 0 Å². The lowest BCUT2D eigenvalue weighted by atomic mass is 9.76. The molecule has 0 radical (unpaired) electrons. The first kappa shape index (κ1) is 28.1. The van der Waals surface area contributed by atoms with Gasteiger partial charge in [0.15, 0.2) is 0 Å². The molecular formula is C34H44N4O3. The smallest absolute Gasteiger partial charge is 0.324 e. The van der Waals surface area contributed by atoms with Gasteiger partial charge in [0, 0.05) is 38.3 Å². The molecule has 3 aromatic rings. The second-order valence-corrected chi connectivity index (χ2v) is 12.7. The normalized spacial score (nSPS) is 20.8. The first-order chi connectivity index (χ1) is 20.0. The zero-order valence-electron chi connectivity index (χ0n) is 24.6. The highest BCUT2D eigenvalue weighted by molar-refractivity contribution is 5.74. The van der Waals surface area contributed by atoms with Crippen LogP contribution in [0.3, 0.4) is 0 Å². The fourth-order valence-corrected chi connectivity index (χ4v) is 6.45. The number of aliphatic hydroxyl groups excluding tert-OH is 1. The Morgan fingerprint density at radius 3 is 2.32 bits per heavy atom. The van der Waals surface area contributed by atoms with E-state index in [0.717, 1.165) is 57.5 Å². The quantitative estimate of drug-likeness (QED) is 0.342. The molecule has 2 aromatic carbocycles. The van der Waals surface area contributed by atoms with Crippen molar-refractivity contribution in [3.05, 3.63) is 60.2 Å². The highest BCUT2D eigenvalue weighted by atomic mass is 16.5. The van der Waals surface area contributed by atoms with Gasteiger partial charge in [-0.25, -0.2) is 0 Å². The minimum absolute atomic E-state index is 0.215. The van der Waals surface area contributed by atoms with Crippen LogP contribution < -0.4 is 4.90 Å². The Morgan fingerprint density at radius 2 is 1.61 bits per heavy atom. The summed E-state index contributed by atoms with van der Waals surface area (Å²) >= 11 is 0. The van der Waals surface area contributed by atoms with Crippen LogP contribution in [0.15, 0.2) is 59.1 Å². The molecule has 7 heteroatoms. The second kappa shape index (κ2) is 12.5. The first-order valence-electron chi connectivity index (χ1n) is 15.4. The van der Waals surface area contributed by atoms with Crippen molar-refractivity contribution in [1.29, 1.82) is 0 Å². The van der Waals surface area contributed by atoms with Crippen molar-refractivity contribution >= 4 is 11.6 Å². The summed E-state index contributed by atoms with van der Waals surface area (Å²) in [5.74, 6) is 0.628. The molecule has 0 spiro atoms. The van der Waals surface area contributed by atoms with E-state index < -0.39 is 0 Å². The van der Waals surface area contributed by atoms with E-state index in [1.807, 2.05) is 0 Å². The molecule has 2 fully saturated rings. The van der Waals surface area contributed by atoms with Crippen LogP contribution in [0.1, 0.15) is 64.4 Å². The third kappa shape index (κ3) is 6.91. The number of hydrogen-bond donors (Lipinski definition) is 1. The Balaban J connectivity index is 1.04. The Bertz CT molecular complexity index is 1310. The maximum absolute atomic E-state index is 9.20. The molecule has 0 amide bonds. The lowest BCUT2D eigenvalue weighted by Gasteiger charge is -2.38. The summed E-state index contributed by atoms with van der Waals surface area (Å²) in [5.41, 5.74) is 6.45. The summed E-state index contributed by atoms with van der Waals surface area (Å²) in [6, 6.07) is 17.8. The Labute approximate surface area is 244 Å². The third-order valence-corrected chi connectivity index (χ3v) is 9.22. The second-order valence-electron chi connectivity index (χ2n) is 12.7. The fraction of sp³-hybridized carbons (Fsp3) is 0.529. The molecule has 7 nitrogen and oxygen atoms in total. The molecule has 1 aliphatic carbocycles. The molecule has 1 saturated carbocycles. The van der Waals surface area contributed by atoms with Crippen LogP contribution in [-0.2, 0) is 4.74 Å². The van der Waals surface area contributed by atoms with Crippen LogP contribution in [-0.4, -0.2) is 71.7 Å². The van der Waals surface area contributed by atoms with Gasteiger partial charge in [0.1, 0.15) is 0 Å². The van der Waals surface area contributed by atoms with Crippen LogP contribution in [0.4, 0.5) is 6.01 Å². The number of aromatic nitrogens is 2. The largest absolute Gasteiger partial charge is 0.395 e. The van der Waals surface area contributed by atoms with Crippen LogP contribution >= 0.6 is 0 Å². The molecule has 1 saturated heterocycles. The number of anilines is 1. The Hall–Kier alpha value is -3.00. The zero-order valence-corrected chi connectivity index (χ0v) is 24.6. The van der Waals surface area contributed by atoms with Crippen LogP contribution in [0, 0.1) is 5.41 Å².